The second-order valence-electron chi connectivity index (χ2n) is 20.9. The van der Waals surface area contributed by atoms with Crippen LogP contribution in [0.3, 0.4) is 0 Å². The molecule has 0 bridgehead atoms. The van der Waals surface area contributed by atoms with E-state index in [-0.39, 0.29) is 31.1 Å². The van der Waals surface area contributed by atoms with Gasteiger partial charge in [-0.15, -0.1) is 0 Å². The second-order valence-corrected chi connectivity index (χ2v) is 20.9. The highest BCUT2D eigenvalue weighted by atomic mass is 16.6. The molecule has 1 atom stereocenters. The van der Waals surface area contributed by atoms with Crippen LogP contribution >= 0.6 is 0 Å². The van der Waals surface area contributed by atoms with Gasteiger partial charge in [0.05, 0.1) is 0 Å². The predicted octanol–water partition coefficient (Wildman–Crippen LogP) is 21.8. The predicted molar refractivity (Wildman–Crippen MR) is 330 cm³/mol. The standard InChI is InChI=1S/C70H118O6/c1-4-7-10-13-16-19-22-25-27-29-30-31-32-33-34-35-36-37-38-39-40-41-43-45-48-51-54-57-60-63-69(72)75-66-67(65-74-68(71)62-59-56-53-50-47-44-24-21-18-15-12-9-6-3)76-70(73)64-61-58-55-52-49-46-42-28-26-23-20-17-14-11-8-5-2/h7,10,12,15-16,19,21,24-25,27-28,30-31,33-34,36-37,42,67H,4-6,8-9,11,13-14,17-18,20,22-23,26,29,32,35,38-41,43-66H2,1-3H3/b10-7-,15-12-,19-16-,24-21-,27-25-,31-30-,34-33-,37-36-,42-28-. The highest BCUT2D eigenvalue weighted by molar-refractivity contribution is 5.71. The van der Waals surface area contributed by atoms with Gasteiger partial charge in [0, 0.05) is 19.3 Å². The van der Waals surface area contributed by atoms with E-state index < -0.39 is 6.10 Å². The molecule has 0 rings (SSSR count). The van der Waals surface area contributed by atoms with Gasteiger partial charge in [-0.3, -0.25) is 14.4 Å². The van der Waals surface area contributed by atoms with Gasteiger partial charge >= 0.3 is 17.9 Å². The van der Waals surface area contributed by atoms with Crippen LogP contribution in [0.25, 0.3) is 0 Å². The van der Waals surface area contributed by atoms with Crippen LogP contribution in [0.1, 0.15) is 297 Å². The monoisotopic (exact) mass is 1050 g/mol. The van der Waals surface area contributed by atoms with Crippen molar-refractivity contribution in [3.8, 4) is 0 Å². The summed E-state index contributed by atoms with van der Waals surface area (Å²) in [7, 11) is 0. The van der Waals surface area contributed by atoms with Crippen LogP contribution in [-0.2, 0) is 28.6 Å². The summed E-state index contributed by atoms with van der Waals surface area (Å²) in [5.41, 5.74) is 0. The minimum absolute atomic E-state index is 0.0881. The summed E-state index contributed by atoms with van der Waals surface area (Å²) in [5.74, 6) is -0.909. The smallest absolute Gasteiger partial charge is 0.306 e. The van der Waals surface area contributed by atoms with Crippen molar-refractivity contribution in [1.82, 2.24) is 0 Å². The molecule has 0 N–H and O–H groups in total. The molecule has 434 valence electrons. The van der Waals surface area contributed by atoms with Gasteiger partial charge in [-0.25, -0.2) is 0 Å². The van der Waals surface area contributed by atoms with E-state index in [4.69, 9.17) is 14.2 Å². The van der Waals surface area contributed by atoms with Gasteiger partial charge in [0.2, 0.25) is 0 Å². The Labute approximate surface area is 470 Å². The summed E-state index contributed by atoms with van der Waals surface area (Å²) in [5, 5.41) is 0. The zero-order valence-electron chi connectivity index (χ0n) is 49.7. The first-order valence-electron chi connectivity index (χ1n) is 31.9. The summed E-state index contributed by atoms with van der Waals surface area (Å²) in [6.45, 7) is 6.45. The number of rotatable bonds is 57. The Kier molecular flexibility index (Phi) is 60.3. The van der Waals surface area contributed by atoms with Crippen molar-refractivity contribution in [1.29, 1.82) is 0 Å². The minimum Gasteiger partial charge on any atom is -0.462 e. The molecular formula is C70H118O6. The fourth-order valence-corrected chi connectivity index (χ4v) is 8.71. The van der Waals surface area contributed by atoms with E-state index in [1.54, 1.807) is 0 Å². The number of hydrogen-bond acceptors (Lipinski definition) is 6. The zero-order chi connectivity index (χ0) is 55.0. The summed E-state index contributed by atoms with van der Waals surface area (Å²) in [6, 6.07) is 0. The van der Waals surface area contributed by atoms with Crippen molar-refractivity contribution < 1.29 is 28.6 Å². The first kappa shape index (κ1) is 72.1. The largest absolute Gasteiger partial charge is 0.462 e. The number of hydrogen-bond donors (Lipinski definition) is 0. The molecule has 0 fully saturated rings. The van der Waals surface area contributed by atoms with Gasteiger partial charge in [0.25, 0.3) is 0 Å². The summed E-state index contributed by atoms with van der Waals surface area (Å²) >= 11 is 0. The molecule has 0 aromatic heterocycles. The van der Waals surface area contributed by atoms with Crippen molar-refractivity contribution >= 4 is 17.9 Å². The molecule has 0 aromatic carbocycles. The fraction of sp³-hybridized carbons (Fsp3) is 0.700. The molecule has 6 heteroatoms. The molecule has 0 heterocycles. The quantitative estimate of drug-likeness (QED) is 0.0261. The molecule has 0 spiro atoms. The molecule has 0 aliphatic carbocycles. The van der Waals surface area contributed by atoms with Crippen LogP contribution < -0.4 is 0 Å². The first-order valence-corrected chi connectivity index (χ1v) is 31.9. The number of allylic oxidation sites excluding steroid dienone is 18. The zero-order valence-corrected chi connectivity index (χ0v) is 49.7. The van der Waals surface area contributed by atoms with Gasteiger partial charge in [-0.1, -0.05) is 265 Å². The van der Waals surface area contributed by atoms with E-state index in [1.807, 2.05) is 0 Å². The van der Waals surface area contributed by atoms with Crippen LogP contribution in [-0.4, -0.2) is 37.2 Å². The van der Waals surface area contributed by atoms with E-state index in [2.05, 4.69) is 130 Å². The third-order valence-corrected chi connectivity index (χ3v) is 13.5. The molecular weight excluding hydrogens is 937 g/mol. The van der Waals surface area contributed by atoms with E-state index >= 15 is 0 Å². The summed E-state index contributed by atoms with van der Waals surface area (Å²) < 4.78 is 16.9. The average Bonchev–Trinajstić information content (AvgIpc) is 3.42. The lowest BCUT2D eigenvalue weighted by molar-refractivity contribution is -0.167. The lowest BCUT2D eigenvalue weighted by Gasteiger charge is -2.18. The first-order chi connectivity index (χ1) is 37.5. The molecule has 0 saturated carbocycles. The van der Waals surface area contributed by atoms with Crippen LogP contribution in [0.5, 0.6) is 0 Å². The maximum Gasteiger partial charge on any atom is 0.306 e. The Hall–Kier alpha value is -3.93. The fourth-order valence-electron chi connectivity index (χ4n) is 8.71. The SMILES string of the molecule is CC/C=C\C/C=C\C/C=C\C/C=C\C/C=C\C/C=C\CCCCCCCCCCCCC(=O)OCC(COC(=O)CCCCCCC/C=C\C/C=C\CCC)OC(=O)CCCCCCC/C=C\CCCCCCCCC. The van der Waals surface area contributed by atoms with Crippen LogP contribution in [0.2, 0.25) is 0 Å². The molecule has 0 aromatic rings. The lowest BCUT2D eigenvalue weighted by atomic mass is 10.1. The lowest BCUT2D eigenvalue weighted by Crippen LogP contribution is -2.30. The van der Waals surface area contributed by atoms with Crippen molar-refractivity contribution in [2.45, 2.75) is 303 Å². The Morgan fingerprint density at radius 2 is 0.539 bits per heavy atom. The van der Waals surface area contributed by atoms with Gasteiger partial charge < -0.3 is 14.2 Å². The Morgan fingerprint density at radius 3 is 0.868 bits per heavy atom. The molecule has 6 nitrogen and oxygen atoms in total. The Balaban J connectivity index is 4.30. The maximum absolute atomic E-state index is 12.9. The maximum atomic E-state index is 12.9. The number of carbonyl (C=O) groups is 3. The van der Waals surface area contributed by atoms with E-state index in [0.717, 1.165) is 141 Å². The molecule has 0 radical (unpaired) electrons. The molecule has 76 heavy (non-hydrogen) atoms. The van der Waals surface area contributed by atoms with E-state index in [1.165, 1.54) is 116 Å². The van der Waals surface area contributed by atoms with Crippen LogP contribution in [0, 0.1) is 0 Å². The molecule has 0 amide bonds. The second kappa shape index (κ2) is 63.6. The average molecular weight is 1060 g/mol. The third kappa shape index (κ3) is 60.9. The number of unbranched alkanes of at least 4 members (excludes halogenated alkanes) is 28. The van der Waals surface area contributed by atoms with Crippen molar-refractivity contribution in [2.24, 2.45) is 0 Å². The summed E-state index contributed by atoms with van der Waals surface area (Å²) in [6.07, 6.45) is 86.6. The van der Waals surface area contributed by atoms with Crippen LogP contribution in [0.4, 0.5) is 0 Å². The molecule has 0 aliphatic rings. The number of carbonyl (C=O) groups excluding carboxylic acids is 3. The van der Waals surface area contributed by atoms with Crippen molar-refractivity contribution in [3.63, 3.8) is 0 Å². The third-order valence-electron chi connectivity index (χ3n) is 13.5. The highest BCUT2D eigenvalue weighted by Crippen LogP contribution is 2.15. The van der Waals surface area contributed by atoms with Gasteiger partial charge in [-0.2, -0.15) is 0 Å². The molecule has 0 aliphatic heterocycles. The van der Waals surface area contributed by atoms with Crippen molar-refractivity contribution in [3.05, 3.63) is 109 Å². The van der Waals surface area contributed by atoms with Gasteiger partial charge in [0.1, 0.15) is 13.2 Å². The minimum atomic E-state index is -0.792. The Morgan fingerprint density at radius 1 is 0.276 bits per heavy atom. The molecule has 0 saturated heterocycles. The van der Waals surface area contributed by atoms with Gasteiger partial charge in [-0.05, 0) is 122 Å². The van der Waals surface area contributed by atoms with Crippen molar-refractivity contribution in [2.75, 3.05) is 13.2 Å². The number of ether oxygens (including phenoxy) is 3. The molecule has 1 unspecified atom stereocenters. The van der Waals surface area contributed by atoms with Crippen LogP contribution in [0.15, 0.2) is 109 Å². The van der Waals surface area contributed by atoms with E-state index in [9.17, 15) is 14.4 Å². The van der Waals surface area contributed by atoms with E-state index in [0.29, 0.717) is 19.3 Å². The summed E-state index contributed by atoms with van der Waals surface area (Å²) in [4.78, 5) is 38.3. The Bertz CT molecular complexity index is 1540. The topological polar surface area (TPSA) is 78.9 Å². The number of esters is 3. The van der Waals surface area contributed by atoms with Gasteiger partial charge in [0.15, 0.2) is 6.10 Å². The highest BCUT2D eigenvalue weighted by Gasteiger charge is 2.19. The normalized spacial score (nSPS) is 12.8.